The Balaban J connectivity index is 1.74. The second kappa shape index (κ2) is 6.56. The second-order valence-electron chi connectivity index (χ2n) is 5.22. The number of urea groups is 1. The number of carbonyl (C=O) groups is 1. The normalized spacial score (nSPS) is 18.3. The van der Waals surface area contributed by atoms with Gasteiger partial charge in [-0.2, -0.15) is 0 Å². The number of rotatable bonds is 4. The van der Waals surface area contributed by atoms with Crippen molar-refractivity contribution in [2.24, 2.45) is 5.92 Å². The van der Waals surface area contributed by atoms with Crippen molar-refractivity contribution in [3.8, 4) is 0 Å². The summed E-state index contributed by atoms with van der Waals surface area (Å²) >= 11 is 0. The maximum atomic E-state index is 12.1. The molecule has 2 amide bonds. The number of aliphatic hydroxyl groups excluding tert-OH is 1. The highest BCUT2D eigenvalue weighted by Crippen LogP contribution is 2.16. The molecule has 6 nitrogen and oxygen atoms in total. The second-order valence-corrected chi connectivity index (χ2v) is 5.22. The lowest BCUT2D eigenvalue weighted by Crippen LogP contribution is -2.48. The smallest absolute Gasteiger partial charge is 0.317 e. The van der Waals surface area contributed by atoms with Gasteiger partial charge in [0.25, 0.3) is 0 Å². The van der Waals surface area contributed by atoms with Crippen molar-refractivity contribution in [2.45, 2.75) is 32.4 Å². The molecule has 1 saturated heterocycles. The third kappa shape index (κ3) is 3.96. The molecule has 1 atom stereocenters. The van der Waals surface area contributed by atoms with Crippen LogP contribution in [-0.2, 0) is 6.54 Å². The summed E-state index contributed by atoms with van der Waals surface area (Å²) < 4.78 is 1.95. The summed E-state index contributed by atoms with van der Waals surface area (Å²) in [6.45, 7) is 4.40. The van der Waals surface area contributed by atoms with Crippen LogP contribution >= 0.6 is 0 Å². The summed E-state index contributed by atoms with van der Waals surface area (Å²) in [6, 6.07) is 0.0567. The van der Waals surface area contributed by atoms with Gasteiger partial charge in [0, 0.05) is 44.7 Å². The molecule has 2 rings (SSSR count). The predicted octanol–water partition coefficient (Wildman–Crippen LogP) is 0.685. The molecule has 2 N–H and O–H groups in total. The molecule has 0 spiro atoms. The van der Waals surface area contributed by atoms with E-state index >= 15 is 0 Å². The molecule has 2 heterocycles. The number of hydrogen-bond donors (Lipinski definition) is 2. The van der Waals surface area contributed by atoms with Crippen LogP contribution in [0.15, 0.2) is 18.7 Å². The van der Waals surface area contributed by atoms with Gasteiger partial charge in [-0.15, -0.1) is 0 Å². The van der Waals surface area contributed by atoms with Gasteiger partial charge in [-0.1, -0.05) is 0 Å². The van der Waals surface area contributed by atoms with Crippen molar-refractivity contribution in [2.75, 3.05) is 19.7 Å². The quantitative estimate of drug-likeness (QED) is 0.842. The highest BCUT2D eigenvalue weighted by Gasteiger charge is 2.22. The van der Waals surface area contributed by atoms with Gasteiger partial charge in [0.2, 0.25) is 0 Å². The molecule has 106 valence electrons. The Labute approximate surface area is 113 Å². The predicted molar refractivity (Wildman–Crippen MR) is 71.6 cm³/mol. The van der Waals surface area contributed by atoms with E-state index in [4.69, 9.17) is 5.11 Å². The zero-order chi connectivity index (χ0) is 13.7. The molecule has 0 bridgehead atoms. The first kappa shape index (κ1) is 13.9. The molecule has 1 aromatic rings. The van der Waals surface area contributed by atoms with Crippen LogP contribution < -0.4 is 5.32 Å². The van der Waals surface area contributed by atoms with Gasteiger partial charge in [-0.05, 0) is 25.7 Å². The summed E-state index contributed by atoms with van der Waals surface area (Å²) in [7, 11) is 0. The molecule has 1 aliphatic heterocycles. The Morgan fingerprint density at radius 2 is 2.26 bits per heavy atom. The lowest BCUT2D eigenvalue weighted by molar-refractivity contribution is 0.135. The number of likely N-dealkylation sites (tertiary alicyclic amines) is 1. The van der Waals surface area contributed by atoms with Gasteiger partial charge in [0.15, 0.2) is 0 Å². The fourth-order valence-corrected chi connectivity index (χ4v) is 2.38. The van der Waals surface area contributed by atoms with E-state index in [1.807, 2.05) is 22.6 Å². The van der Waals surface area contributed by atoms with E-state index in [-0.39, 0.29) is 18.7 Å². The molecule has 0 radical (unpaired) electrons. The van der Waals surface area contributed by atoms with E-state index in [2.05, 4.69) is 10.3 Å². The molecular weight excluding hydrogens is 244 g/mol. The highest BCUT2D eigenvalue weighted by atomic mass is 16.3. The van der Waals surface area contributed by atoms with Gasteiger partial charge >= 0.3 is 6.03 Å². The molecule has 19 heavy (non-hydrogen) atoms. The van der Waals surface area contributed by atoms with Crippen molar-refractivity contribution in [3.05, 3.63) is 18.7 Å². The third-order valence-electron chi connectivity index (χ3n) is 3.57. The average Bonchev–Trinajstić information content (AvgIpc) is 2.91. The van der Waals surface area contributed by atoms with E-state index < -0.39 is 0 Å². The molecule has 0 unspecified atom stereocenters. The van der Waals surface area contributed by atoms with Crippen LogP contribution in [0.5, 0.6) is 0 Å². The standard InChI is InChI=1S/C13H22N4O2/c1-11(8-16-7-4-14-10-16)15-13(19)17-5-2-12(9-18)3-6-17/h4,7,10-12,18H,2-3,5-6,8-9H2,1H3,(H,15,19)/t11-/m1/s1. The molecule has 0 aromatic carbocycles. The number of nitrogens with one attached hydrogen (secondary N) is 1. The van der Waals surface area contributed by atoms with Crippen LogP contribution in [0.2, 0.25) is 0 Å². The number of piperidine rings is 1. The molecule has 0 saturated carbocycles. The topological polar surface area (TPSA) is 70.4 Å². The molecule has 1 aromatic heterocycles. The van der Waals surface area contributed by atoms with Crippen molar-refractivity contribution in [1.29, 1.82) is 0 Å². The highest BCUT2D eigenvalue weighted by molar-refractivity contribution is 5.74. The first-order chi connectivity index (χ1) is 9.19. The van der Waals surface area contributed by atoms with E-state index in [0.717, 1.165) is 32.5 Å². The first-order valence-electron chi connectivity index (χ1n) is 6.81. The Bertz CT molecular complexity index is 385. The van der Waals surface area contributed by atoms with Crippen LogP contribution in [0.3, 0.4) is 0 Å². The van der Waals surface area contributed by atoms with E-state index in [0.29, 0.717) is 5.92 Å². The number of amides is 2. The number of carbonyl (C=O) groups excluding carboxylic acids is 1. The fraction of sp³-hybridized carbons (Fsp3) is 0.692. The molecule has 0 aliphatic carbocycles. The Morgan fingerprint density at radius 1 is 1.53 bits per heavy atom. The van der Waals surface area contributed by atoms with Crippen LogP contribution in [0.4, 0.5) is 4.79 Å². The van der Waals surface area contributed by atoms with Crippen LogP contribution in [-0.4, -0.2) is 51.3 Å². The first-order valence-corrected chi connectivity index (χ1v) is 6.81. The monoisotopic (exact) mass is 266 g/mol. The van der Waals surface area contributed by atoms with Crippen molar-refractivity contribution in [3.63, 3.8) is 0 Å². The average molecular weight is 266 g/mol. The molecular formula is C13H22N4O2. The van der Waals surface area contributed by atoms with Crippen LogP contribution in [0.1, 0.15) is 19.8 Å². The number of aromatic nitrogens is 2. The van der Waals surface area contributed by atoms with Crippen molar-refractivity contribution < 1.29 is 9.90 Å². The maximum Gasteiger partial charge on any atom is 0.317 e. The number of imidazole rings is 1. The van der Waals surface area contributed by atoms with Gasteiger partial charge in [0.1, 0.15) is 0 Å². The van der Waals surface area contributed by atoms with E-state index in [1.165, 1.54) is 0 Å². The summed E-state index contributed by atoms with van der Waals surface area (Å²) in [6.07, 6.45) is 7.14. The summed E-state index contributed by atoms with van der Waals surface area (Å²) in [4.78, 5) is 17.9. The van der Waals surface area contributed by atoms with E-state index in [1.54, 1.807) is 12.5 Å². The number of aliphatic hydroxyl groups is 1. The lowest BCUT2D eigenvalue weighted by Gasteiger charge is -2.32. The van der Waals surface area contributed by atoms with Crippen molar-refractivity contribution >= 4 is 6.03 Å². The number of hydrogen-bond acceptors (Lipinski definition) is 3. The summed E-state index contributed by atoms with van der Waals surface area (Å²) in [5, 5.41) is 12.1. The molecule has 1 aliphatic rings. The third-order valence-corrected chi connectivity index (χ3v) is 3.57. The van der Waals surface area contributed by atoms with Gasteiger partial charge in [-0.25, -0.2) is 9.78 Å². The van der Waals surface area contributed by atoms with Crippen molar-refractivity contribution in [1.82, 2.24) is 19.8 Å². The van der Waals surface area contributed by atoms with Crippen LogP contribution in [0.25, 0.3) is 0 Å². The lowest BCUT2D eigenvalue weighted by atomic mass is 9.98. The number of nitrogens with zero attached hydrogens (tertiary/aromatic N) is 3. The van der Waals surface area contributed by atoms with Gasteiger partial charge < -0.3 is 19.9 Å². The maximum absolute atomic E-state index is 12.1. The van der Waals surface area contributed by atoms with Gasteiger partial charge in [0.05, 0.1) is 6.33 Å². The molecule has 6 heteroatoms. The summed E-state index contributed by atoms with van der Waals surface area (Å²) in [5.41, 5.74) is 0. The Hall–Kier alpha value is -1.56. The largest absolute Gasteiger partial charge is 0.396 e. The molecule has 1 fully saturated rings. The minimum Gasteiger partial charge on any atom is -0.396 e. The summed E-state index contributed by atoms with van der Waals surface area (Å²) in [5.74, 6) is 0.354. The Morgan fingerprint density at radius 3 is 2.84 bits per heavy atom. The fourth-order valence-electron chi connectivity index (χ4n) is 2.38. The van der Waals surface area contributed by atoms with E-state index in [9.17, 15) is 4.79 Å². The minimum atomic E-state index is -0.0102. The Kier molecular flexibility index (Phi) is 4.79. The SMILES string of the molecule is C[C@H](Cn1ccnc1)NC(=O)N1CCC(CO)CC1. The zero-order valence-corrected chi connectivity index (χ0v) is 11.3. The van der Waals surface area contributed by atoms with Crippen LogP contribution in [0, 0.1) is 5.92 Å². The minimum absolute atomic E-state index is 0.0102. The van der Waals surface area contributed by atoms with Gasteiger partial charge in [-0.3, -0.25) is 0 Å². The zero-order valence-electron chi connectivity index (χ0n) is 11.3.